The summed E-state index contributed by atoms with van der Waals surface area (Å²) in [4.78, 5) is 2.47. The second-order valence-corrected chi connectivity index (χ2v) is 5.09. The fraction of sp³-hybridized carbons (Fsp3) is 1.00. The van der Waals surface area contributed by atoms with Crippen LogP contribution in [0.1, 0.15) is 47.5 Å². The van der Waals surface area contributed by atoms with Crippen molar-refractivity contribution in [2.75, 3.05) is 26.2 Å². The lowest BCUT2D eigenvalue weighted by Gasteiger charge is -2.36. The average Bonchev–Trinajstić information content (AvgIpc) is 2.24. The summed E-state index contributed by atoms with van der Waals surface area (Å²) < 4.78 is 0. The average molecular weight is 215 g/mol. The normalized spacial score (nSPS) is 12.8. The quantitative estimate of drug-likeness (QED) is 0.673. The molecule has 0 unspecified atom stereocenters. The SMILES string of the molecule is CCN(CC(C)C)CC(CC)(CC)CO. The van der Waals surface area contributed by atoms with Gasteiger partial charge in [-0.2, -0.15) is 0 Å². The molecule has 0 amide bonds. The summed E-state index contributed by atoms with van der Waals surface area (Å²) in [6.45, 7) is 14.6. The molecule has 15 heavy (non-hydrogen) atoms. The van der Waals surface area contributed by atoms with Gasteiger partial charge in [-0.25, -0.2) is 0 Å². The zero-order valence-electron chi connectivity index (χ0n) is 11.2. The first-order valence-electron chi connectivity index (χ1n) is 6.36. The van der Waals surface area contributed by atoms with Crippen molar-refractivity contribution in [3.63, 3.8) is 0 Å². The van der Waals surface area contributed by atoms with Gasteiger partial charge in [-0.3, -0.25) is 0 Å². The predicted molar refractivity (Wildman–Crippen MR) is 67.1 cm³/mol. The highest BCUT2D eigenvalue weighted by molar-refractivity contribution is 4.80. The fourth-order valence-corrected chi connectivity index (χ4v) is 2.04. The lowest BCUT2D eigenvalue weighted by atomic mass is 9.82. The highest BCUT2D eigenvalue weighted by atomic mass is 16.3. The van der Waals surface area contributed by atoms with Crippen LogP contribution in [0.5, 0.6) is 0 Å². The van der Waals surface area contributed by atoms with Gasteiger partial charge in [-0.15, -0.1) is 0 Å². The van der Waals surface area contributed by atoms with E-state index < -0.39 is 0 Å². The molecule has 2 nitrogen and oxygen atoms in total. The molecule has 0 aromatic carbocycles. The highest BCUT2D eigenvalue weighted by Crippen LogP contribution is 2.27. The smallest absolute Gasteiger partial charge is 0.0499 e. The summed E-state index contributed by atoms with van der Waals surface area (Å²) in [6.07, 6.45) is 2.13. The van der Waals surface area contributed by atoms with Crippen molar-refractivity contribution in [3.05, 3.63) is 0 Å². The minimum Gasteiger partial charge on any atom is -0.396 e. The van der Waals surface area contributed by atoms with Gasteiger partial charge in [0, 0.05) is 25.1 Å². The minimum atomic E-state index is 0.116. The molecule has 0 bridgehead atoms. The molecule has 0 radical (unpaired) electrons. The van der Waals surface area contributed by atoms with Crippen LogP contribution in [0.4, 0.5) is 0 Å². The van der Waals surface area contributed by atoms with Crippen molar-refractivity contribution in [1.82, 2.24) is 4.90 Å². The number of nitrogens with zero attached hydrogens (tertiary/aromatic N) is 1. The summed E-state index contributed by atoms with van der Waals surface area (Å²) in [5.74, 6) is 0.704. The Bertz CT molecular complexity index is 144. The van der Waals surface area contributed by atoms with E-state index in [-0.39, 0.29) is 5.41 Å². The highest BCUT2D eigenvalue weighted by Gasteiger charge is 2.27. The van der Waals surface area contributed by atoms with E-state index in [4.69, 9.17) is 0 Å². The van der Waals surface area contributed by atoms with E-state index in [9.17, 15) is 5.11 Å². The van der Waals surface area contributed by atoms with E-state index in [0.29, 0.717) is 12.5 Å². The third-order valence-electron chi connectivity index (χ3n) is 3.46. The molecule has 0 saturated carbocycles. The summed E-state index contributed by atoms with van der Waals surface area (Å²) in [5.41, 5.74) is 0.116. The second kappa shape index (κ2) is 7.24. The topological polar surface area (TPSA) is 23.5 Å². The Balaban J connectivity index is 4.34. The van der Waals surface area contributed by atoms with Crippen molar-refractivity contribution < 1.29 is 5.11 Å². The van der Waals surface area contributed by atoms with Crippen molar-refractivity contribution in [1.29, 1.82) is 0 Å². The van der Waals surface area contributed by atoms with Crippen molar-refractivity contribution in [2.45, 2.75) is 47.5 Å². The summed E-state index contributed by atoms with van der Waals surface area (Å²) >= 11 is 0. The summed E-state index contributed by atoms with van der Waals surface area (Å²) in [5, 5.41) is 9.53. The first-order chi connectivity index (χ1) is 7.03. The monoisotopic (exact) mass is 215 g/mol. The Morgan fingerprint density at radius 2 is 1.67 bits per heavy atom. The molecule has 0 aromatic heterocycles. The number of hydrogen-bond acceptors (Lipinski definition) is 2. The first-order valence-corrected chi connectivity index (χ1v) is 6.36. The largest absolute Gasteiger partial charge is 0.396 e. The van der Waals surface area contributed by atoms with Gasteiger partial charge in [0.05, 0.1) is 0 Å². The lowest BCUT2D eigenvalue weighted by molar-refractivity contribution is 0.0632. The van der Waals surface area contributed by atoms with Crippen LogP contribution in [0.15, 0.2) is 0 Å². The first kappa shape index (κ1) is 14.9. The van der Waals surface area contributed by atoms with E-state index in [1.165, 1.54) is 0 Å². The number of aliphatic hydroxyl groups is 1. The van der Waals surface area contributed by atoms with E-state index in [1.54, 1.807) is 0 Å². The maximum Gasteiger partial charge on any atom is 0.0499 e. The van der Waals surface area contributed by atoms with Gasteiger partial charge < -0.3 is 10.0 Å². The maximum atomic E-state index is 9.53. The van der Waals surface area contributed by atoms with E-state index in [0.717, 1.165) is 32.5 Å². The molecule has 0 spiro atoms. The van der Waals surface area contributed by atoms with E-state index in [1.807, 2.05) is 0 Å². The Labute approximate surface area is 95.7 Å². The van der Waals surface area contributed by atoms with Crippen LogP contribution in [0.3, 0.4) is 0 Å². The molecule has 0 aliphatic carbocycles. The molecular formula is C13H29NO. The van der Waals surface area contributed by atoms with E-state index in [2.05, 4.69) is 39.5 Å². The van der Waals surface area contributed by atoms with Crippen molar-refractivity contribution in [3.8, 4) is 0 Å². The standard InChI is InChI=1S/C13H29NO/c1-6-13(7-2,11-15)10-14(8-3)9-12(4)5/h12,15H,6-11H2,1-5H3. The number of hydrogen-bond donors (Lipinski definition) is 1. The number of rotatable bonds is 8. The van der Waals surface area contributed by atoms with Crippen molar-refractivity contribution >= 4 is 0 Å². The Morgan fingerprint density at radius 1 is 1.13 bits per heavy atom. The molecule has 0 saturated heterocycles. The van der Waals surface area contributed by atoms with Crippen LogP contribution in [0.25, 0.3) is 0 Å². The molecule has 0 fully saturated rings. The van der Waals surface area contributed by atoms with Gasteiger partial charge in [-0.1, -0.05) is 34.6 Å². The van der Waals surface area contributed by atoms with Crippen LogP contribution in [0, 0.1) is 11.3 Å². The van der Waals surface area contributed by atoms with Gasteiger partial charge in [-0.05, 0) is 25.3 Å². The van der Waals surface area contributed by atoms with Gasteiger partial charge in [0.15, 0.2) is 0 Å². The molecule has 0 rings (SSSR count). The summed E-state index contributed by atoms with van der Waals surface area (Å²) in [7, 11) is 0. The molecule has 1 N–H and O–H groups in total. The molecule has 0 aliphatic rings. The lowest BCUT2D eigenvalue weighted by Crippen LogP contribution is -2.41. The third kappa shape index (κ3) is 4.98. The molecule has 0 aromatic rings. The molecule has 2 heteroatoms. The van der Waals surface area contributed by atoms with Crippen LogP contribution in [0.2, 0.25) is 0 Å². The molecule has 0 atom stereocenters. The molecule has 92 valence electrons. The van der Waals surface area contributed by atoms with Gasteiger partial charge in [0.2, 0.25) is 0 Å². The summed E-state index contributed by atoms with van der Waals surface area (Å²) in [6, 6.07) is 0. The third-order valence-corrected chi connectivity index (χ3v) is 3.46. The maximum absolute atomic E-state index is 9.53. The van der Waals surface area contributed by atoms with Gasteiger partial charge in [0.1, 0.15) is 0 Å². The minimum absolute atomic E-state index is 0.116. The zero-order valence-corrected chi connectivity index (χ0v) is 11.2. The van der Waals surface area contributed by atoms with E-state index >= 15 is 0 Å². The molecule has 0 heterocycles. The Hall–Kier alpha value is -0.0800. The molecular weight excluding hydrogens is 186 g/mol. The van der Waals surface area contributed by atoms with Crippen LogP contribution in [-0.2, 0) is 0 Å². The Kier molecular flexibility index (Phi) is 7.20. The second-order valence-electron chi connectivity index (χ2n) is 5.09. The number of aliphatic hydroxyl groups excluding tert-OH is 1. The fourth-order valence-electron chi connectivity index (χ4n) is 2.04. The predicted octanol–water partition coefficient (Wildman–Crippen LogP) is 2.76. The van der Waals surface area contributed by atoms with Crippen LogP contribution < -0.4 is 0 Å². The van der Waals surface area contributed by atoms with Crippen molar-refractivity contribution in [2.24, 2.45) is 11.3 Å². The van der Waals surface area contributed by atoms with Crippen LogP contribution in [-0.4, -0.2) is 36.2 Å². The van der Waals surface area contributed by atoms with Gasteiger partial charge >= 0.3 is 0 Å². The Morgan fingerprint density at radius 3 is 1.93 bits per heavy atom. The van der Waals surface area contributed by atoms with Gasteiger partial charge in [0.25, 0.3) is 0 Å². The molecule has 0 aliphatic heterocycles. The van der Waals surface area contributed by atoms with Crippen LogP contribution >= 0.6 is 0 Å². The zero-order chi connectivity index (χ0) is 11.9.